The van der Waals surface area contributed by atoms with Gasteiger partial charge in [0.25, 0.3) is 0 Å². The molecule has 1 atom stereocenters. The van der Waals surface area contributed by atoms with Gasteiger partial charge in [-0.1, -0.05) is 36.8 Å². The average Bonchev–Trinajstić information content (AvgIpc) is 2.35. The minimum atomic E-state index is -1.02. The molecule has 0 heterocycles. The lowest BCUT2D eigenvalue weighted by Gasteiger charge is -2.09. The molecule has 0 fully saturated rings. The zero-order valence-corrected chi connectivity index (χ0v) is 10.5. The van der Waals surface area contributed by atoms with E-state index in [1.54, 1.807) is 13.0 Å². The van der Waals surface area contributed by atoms with E-state index in [4.69, 9.17) is 5.11 Å². The van der Waals surface area contributed by atoms with E-state index in [9.17, 15) is 9.59 Å². The Labute approximate surface area is 106 Å². The lowest BCUT2D eigenvalue weighted by molar-refractivity contribution is -0.141. The number of carboxylic acids is 1. The predicted octanol–water partition coefficient (Wildman–Crippen LogP) is 1.99. The smallest absolute Gasteiger partial charge is 0.326 e. The first-order valence-corrected chi connectivity index (χ1v) is 5.81. The molecule has 0 saturated heterocycles. The lowest BCUT2D eigenvalue weighted by atomic mass is 10.1. The summed E-state index contributed by atoms with van der Waals surface area (Å²) in [6.07, 6.45) is 3.36. The fraction of sp³-hybridized carbons (Fsp3) is 0.286. The second-order valence-corrected chi connectivity index (χ2v) is 4.05. The Hall–Kier alpha value is -2.10. The maximum atomic E-state index is 11.5. The van der Waals surface area contributed by atoms with Crippen LogP contribution in [0.1, 0.15) is 24.5 Å². The van der Waals surface area contributed by atoms with E-state index in [-0.39, 0.29) is 0 Å². The average molecular weight is 247 g/mol. The van der Waals surface area contributed by atoms with Crippen molar-refractivity contribution in [3.05, 3.63) is 41.5 Å². The van der Waals surface area contributed by atoms with Gasteiger partial charge in [0.15, 0.2) is 0 Å². The number of hydrogen-bond donors (Lipinski definition) is 2. The van der Waals surface area contributed by atoms with Gasteiger partial charge in [0.2, 0.25) is 5.91 Å². The van der Waals surface area contributed by atoms with Crippen LogP contribution in [0.25, 0.3) is 6.08 Å². The zero-order valence-electron chi connectivity index (χ0n) is 10.5. The van der Waals surface area contributed by atoms with Crippen molar-refractivity contribution in [2.75, 3.05) is 0 Å². The Morgan fingerprint density at radius 1 is 1.33 bits per heavy atom. The Bertz CT molecular complexity index is 449. The number of carboxylic acid groups (broad SMARTS) is 1. The molecule has 96 valence electrons. The Morgan fingerprint density at radius 3 is 2.44 bits per heavy atom. The molecule has 0 aromatic heterocycles. The first-order valence-electron chi connectivity index (χ1n) is 5.81. The molecule has 0 saturated carbocycles. The molecule has 0 spiro atoms. The van der Waals surface area contributed by atoms with E-state index in [0.717, 1.165) is 11.1 Å². The van der Waals surface area contributed by atoms with Gasteiger partial charge in [0, 0.05) is 6.08 Å². The van der Waals surface area contributed by atoms with Crippen LogP contribution in [0.15, 0.2) is 30.3 Å². The Kier molecular flexibility index (Phi) is 5.11. The first-order chi connectivity index (χ1) is 8.52. The summed E-state index contributed by atoms with van der Waals surface area (Å²) in [7, 11) is 0. The van der Waals surface area contributed by atoms with Crippen molar-refractivity contribution < 1.29 is 14.7 Å². The summed E-state index contributed by atoms with van der Waals surface area (Å²) in [6.45, 7) is 3.70. The molecule has 0 radical (unpaired) electrons. The lowest BCUT2D eigenvalue weighted by Crippen LogP contribution is -2.39. The van der Waals surface area contributed by atoms with Crippen molar-refractivity contribution in [2.45, 2.75) is 26.3 Å². The molecular formula is C14H17NO3. The Morgan fingerprint density at radius 2 is 1.94 bits per heavy atom. The van der Waals surface area contributed by atoms with E-state index < -0.39 is 17.9 Å². The normalized spacial score (nSPS) is 12.3. The summed E-state index contributed by atoms with van der Waals surface area (Å²) in [5.74, 6) is -1.42. The largest absolute Gasteiger partial charge is 0.480 e. The van der Waals surface area contributed by atoms with Crippen LogP contribution in [-0.2, 0) is 9.59 Å². The number of carbonyl (C=O) groups excluding carboxylic acids is 1. The number of hydrogen-bond acceptors (Lipinski definition) is 2. The van der Waals surface area contributed by atoms with Crippen molar-refractivity contribution >= 4 is 18.0 Å². The molecule has 1 amide bonds. The summed E-state index contributed by atoms with van der Waals surface area (Å²) in [5, 5.41) is 11.2. The molecule has 0 aliphatic heterocycles. The van der Waals surface area contributed by atoms with Gasteiger partial charge in [-0.15, -0.1) is 0 Å². The number of carbonyl (C=O) groups is 2. The summed E-state index contributed by atoms with van der Waals surface area (Å²) >= 11 is 0. The van der Waals surface area contributed by atoms with Crippen molar-refractivity contribution in [3.63, 3.8) is 0 Å². The van der Waals surface area contributed by atoms with E-state index in [0.29, 0.717) is 6.42 Å². The molecular weight excluding hydrogens is 230 g/mol. The maximum absolute atomic E-state index is 11.5. The zero-order chi connectivity index (χ0) is 13.5. The van der Waals surface area contributed by atoms with Gasteiger partial charge in [-0.2, -0.15) is 0 Å². The van der Waals surface area contributed by atoms with Crippen LogP contribution in [0.2, 0.25) is 0 Å². The fourth-order valence-corrected chi connectivity index (χ4v) is 1.41. The van der Waals surface area contributed by atoms with E-state index >= 15 is 0 Å². The molecule has 0 aliphatic rings. The van der Waals surface area contributed by atoms with E-state index in [1.807, 2.05) is 31.2 Å². The third-order valence-corrected chi connectivity index (χ3v) is 2.53. The molecule has 1 aromatic rings. The second kappa shape index (κ2) is 6.59. The number of aliphatic carboxylic acids is 1. The molecule has 0 bridgehead atoms. The topological polar surface area (TPSA) is 66.4 Å². The van der Waals surface area contributed by atoms with E-state index in [1.165, 1.54) is 6.08 Å². The molecule has 1 aromatic carbocycles. The van der Waals surface area contributed by atoms with Crippen molar-refractivity contribution in [1.29, 1.82) is 0 Å². The van der Waals surface area contributed by atoms with Gasteiger partial charge >= 0.3 is 5.97 Å². The third-order valence-electron chi connectivity index (χ3n) is 2.53. The first kappa shape index (κ1) is 14.0. The molecule has 4 heteroatoms. The number of amides is 1. The monoisotopic (exact) mass is 247 g/mol. The molecule has 18 heavy (non-hydrogen) atoms. The highest BCUT2D eigenvalue weighted by atomic mass is 16.4. The summed E-state index contributed by atoms with van der Waals surface area (Å²) in [4.78, 5) is 22.2. The highest BCUT2D eigenvalue weighted by molar-refractivity contribution is 5.94. The maximum Gasteiger partial charge on any atom is 0.326 e. The van der Waals surface area contributed by atoms with Gasteiger partial charge in [-0.05, 0) is 25.0 Å². The van der Waals surface area contributed by atoms with Crippen LogP contribution in [0.5, 0.6) is 0 Å². The van der Waals surface area contributed by atoms with Crippen LogP contribution >= 0.6 is 0 Å². The number of rotatable bonds is 5. The quantitative estimate of drug-likeness (QED) is 0.782. The second-order valence-electron chi connectivity index (χ2n) is 4.05. The van der Waals surface area contributed by atoms with Crippen molar-refractivity contribution in [3.8, 4) is 0 Å². The highest BCUT2D eigenvalue weighted by Gasteiger charge is 2.15. The van der Waals surface area contributed by atoms with Gasteiger partial charge in [0.05, 0.1) is 0 Å². The molecule has 0 aliphatic carbocycles. The summed E-state index contributed by atoms with van der Waals surface area (Å²) in [6, 6.07) is 6.86. The molecule has 2 N–H and O–H groups in total. The predicted molar refractivity (Wildman–Crippen MR) is 70.1 cm³/mol. The van der Waals surface area contributed by atoms with Crippen molar-refractivity contribution in [1.82, 2.24) is 5.32 Å². The van der Waals surface area contributed by atoms with Gasteiger partial charge in [0.1, 0.15) is 6.04 Å². The summed E-state index contributed by atoms with van der Waals surface area (Å²) in [5.41, 5.74) is 2.05. The van der Waals surface area contributed by atoms with Crippen LogP contribution in [0.4, 0.5) is 0 Å². The van der Waals surface area contributed by atoms with Gasteiger partial charge in [-0.3, -0.25) is 4.79 Å². The minimum absolute atomic E-state index is 0.361. The third kappa shape index (κ3) is 4.41. The van der Waals surface area contributed by atoms with Crippen LogP contribution in [0, 0.1) is 6.92 Å². The Balaban J connectivity index is 2.59. The highest BCUT2D eigenvalue weighted by Crippen LogP contribution is 2.04. The van der Waals surface area contributed by atoms with Gasteiger partial charge in [-0.25, -0.2) is 4.79 Å². The van der Waals surface area contributed by atoms with E-state index in [2.05, 4.69) is 5.32 Å². The van der Waals surface area contributed by atoms with Gasteiger partial charge < -0.3 is 10.4 Å². The van der Waals surface area contributed by atoms with Crippen LogP contribution in [0.3, 0.4) is 0 Å². The molecule has 1 rings (SSSR count). The molecule has 0 unspecified atom stereocenters. The number of aryl methyl sites for hydroxylation is 1. The molecule has 4 nitrogen and oxygen atoms in total. The number of nitrogens with one attached hydrogen (secondary N) is 1. The fourth-order valence-electron chi connectivity index (χ4n) is 1.41. The number of benzene rings is 1. The van der Waals surface area contributed by atoms with Crippen LogP contribution < -0.4 is 5.32 Å². The van der Waals surface area contributed by atoms with Crippen LogP contribution in [-0.4, -0.2) is 23.0 Å². The van der Waals surface area contributed by atoms with Crippen molar-refractivity contribution in [2.24, 2.45) is 0 Å². The SMILES string of the molecule is CC[C@@H](NC(=O)C=Cc1ccc(C)cc1)C(=O)O. The minimum Gasteiger partial charge on any atom is -0.480 e. The standard InChI is InChI=1S/C14H17NO3/c1-3-12(14(17)18)15-13(16)9-8-11-6-4-10(2)5-7-11/h4-9,12H,3H2,1-2H3,(H,15,16)(H,17,18)/t12-/m1/s1. The summed E-state index contributed by atoms with van der Waals surface area (Å²) < 4.78 is 0.